The van der Waals surface area contributed by atoms with Crippen LogP contribution in [0.2, 0.25) is 0 Å². The normalized spacial score (nSPS) is 20.5. The number of benzene rings is 1. The number of hydrogen-bond acceptors (Lipinski definition) is 5. The van der Waals surface area contributed by atoms with Crippen molar-refractivity contribution in [3.8, 4) is 5.75 Å². The van der Waals surface area contributed by atoms with Gasteiger partial charge >= 0.3 is 0 Å². The maximum atomic E-state index is 12.2. The monoisotopic (exact) mass is 343 g/mol. The van der Waals surface area contributed by atoms with Crippen molar-refractivity contribution in [2.45, 2.75) is 31.6 Å². The van der Waals surface area contributed by atoms with Gasteiger partial charge in [0.05, 0.1) is 12.0 Å². The molecule has 1 aromatic heterocycles. The minimum absolute atomic E-state index is 0.0332. The number of fused-ring (bicyclic) bond motifs is 1. The van der Waals surface area contributed by atoms with Gasteiger partial charge < -0.3 is 15.0 Å². The summed E-state index contributed by atoms with van der Waals surface area (Å²) in [6, 6.07) is 8.00. The summed E-state index contributed by atoms with van der Waals surface area (Å²) < 4.78 is 5.34. The topological polar surface area (TPSA) is 54.5 Å². The molecule has 2 aliphatic heterocycles. The average Bonchev–Trinajstić information content (AvgIpc) is 3.05. The van der Waals surface area contributed by atoms with Crippen molar-refractivity contribution < 1.29 is 9.53 Å². The van der Waals surface area contributed by atoms with E-state index in [1.54, 1.807) is 18.4 Å². The number of methoxy groups -OCH3 is 1. The first-order chi connectivity index (χ1) is 11.7. The number of aromatic nitrogens is 1. The summed E-state index contributed by atoms with van der Waals surface area (Å²) in [6.07, 6.45) is 4.19. The Morgan fingerprint density at radius 2 is 2.12 bits per heavy atom. The molecule has 1 aromatic carbocycles. The molecule has 0 aliphatic carbocycles. The Hall–Kier alpha value is -2.08. The van der Waals surface area contributed by atoms with Crippen LogP contribution in [0.3, 0.4) is 0 Å². The van der Waals surface area contributed by atoms with Crippen molar-refractivity contribution in [3.05, 3.63) is 34.7 Å². The second-order valence-electron chi connectivity index (χ2n) is 6.34. The van der Waals surface area contributed by atoms with Crippen LogP contribution in [-0.4, -0.2) is 31.1 Å². The van der Waals surface area contributed by atoms with E-state index < -0.39 is 0 Å². The molecule has 126 valence electrons. The van der Waals surface area contributed by atoms with Crippen molar-refractivity contribution in [2.75, 3.05) is 30.4 Å². The summed E-state index contributed by atoms with van der Waals surface area (Å²) in [5.41, 5.74) is 1.11. The maximum absolute atomic E-state index is 12.2. The van der Waals surface area contributed by atoms with Gasteiger partial charge in [-0.25, -0.2) is 4.98 Å². The molecule has 3 heterocycles. The lowest BCUT2D eigenvalue weighted by Gasteiger charge is -2.25. The first kappa shape index (κ1) is 15.4. The van der Waals surface area contributed by atoms with Crippen LogP contribution in [0.5, 0.6) is 5.75 Å². The van der Waals surface area contributed by atoms with E-state index in [4.69, 9.17) is 9.72 Å². The zero-order valence-electron chi connectivity index (χ0n) is 13.7. The maximum Gasteiger partial charge on any atom is 0.226 e. The Bertz CT molecular complexity index is 752. The highest BCUT2D eigenvalue weighted by molar-refractivity contribution is 7.16. The molecule has 5 nitrogen and oxygen atoms in total. The first-order valence-electron chi connectivity index (χ1n) is 8.44. The SMILES string of the molecule is COc1cccc([C@@H]2CC(=O)Nc3nc(N4CCCCC4)sc32)c1. The molecule has 0 spiro atoms. The molecular formula is C18H21N3O2S. The highest BCUT2D eigenvalue weighted by Crippen LogP contribution is 2.44. The van der Waals surface area contributed by atoms with Gasteiger partial charge in [-0.3, -0.25) is 4.79 Å². The van der Waals surface area contributed by atoms with Crippen LogP contribution < -0.4 is 15.0 Å². The zero-order valence-corrected chi connectivity index (χ0v) is 14.6. The molecule has 24 heavy (non-hydrogen) atoms. The van der Waals surface area contributed by atoms with Crippen LogP contribution in [-0.2, 0) is 4.79 Å². The van der Waals surface area contributed by atoms with Gasteiger partial charge in [0, 0.05) is 25.4 Å². The Balaban J connectivity index is 1.70. The number of amides is 1. The molecule has 6 heteroatoms. The van der Waals surface area contributed by atoms with Crippen molar-refractivity contribution in [1.82, 2.24) is 4.98 Å². The van der Waals surface area contributed by atoms with Gasteiger partial charge in [-0.1, -0.05) is 23.5 Å². The van der Waals surface area contributed by atoms with Gasteiger partial charge in [0.2, 0.25) is 5.91 Å². The number of anilines is 2. The lowest BCUT2D eigenvalue weighted by Crippen LogP contribution is -2.29. The number of ether oxygens (including phenoxy) is 1. The third-order valence-electron chi connectivity index (χ3n) is 4.73. The van der Waals surface area contributed by atoms with Crippen LogP contribution in [0.4, 0.5) is 10.9 Å². The van der Waals surface area contributed by atoms with E-state index in [-0.39, 0.29) is 11.8 Å². The van der Waals surface area contributed by atoms with Gasteiger partial charge in [0.15, 0.2) is 5.13 Å². The smallest absolute Gasteiger partial charge is 0.226 e. The number of nitrogens with one attached hydrogen (secondary N) is 1. The largest absolute Gasteiger partial charge is 0.497 e. The minimum atomic E-state index is 0.0332. The highest BCUT2D eigenvalue weighted by Gasteiger charge is 2.31. The Morgan fingerprint density at radius 1 is 1.29 bits per heavy atom. The molecule has 0 saturated carbocycles. The fourth-order valence-electron chi connectivity index (χ4n) is 3.46. The van der Waals surface area contributed by atoms with E-state index in [1.807, 2.05) is 18.2 Å². The van der Waals surface area contributed by atoms with Crippen molar-refractivity contribution in [1.29, 1.82) is 0 Å². The van der Waals surface area contributed by atoms with Gasteiger partial charge in [0.25, 0.3) is 0 Å². The van der Waals surface area contributed by atoms with Gasteiger partial charge in [-0.05, 0) is 37.0 Å². The molecule has 4 rings (SSSR count). The lowest BCUT2D eigenvalue weighted by atomic mass is 9.91. The molecule has 1 saturated heterocycles. The summed E-state index contributed by atoms with van der Waals surface area (Å²) in [5, 5.41) is 3.99. The van der Waals surface area contributed by atoms with Crippen LogP contribution in [0.1, 0.15) is 42.0 Å². The Labute approximate surface area is 145 Å². The number of nitrogens with zero attached hydrogens (tertiary/aromatic N) is 2. The predicted molar refractivity (Wildman–Crippen MR) is 96.3 cm³/mol. The summed E-state index contributed by atoms with van der Waals surface area (Å²) in [4.78, 5) is 20.4. The van der Waals surface area contributed by atoms with E-state index in [0.717, 1.165) is 40.2 Å². The van der Waals surface area contributed by atoms with Crippen LogP contribution in [0, 0.1) is 0 Å². The van der Waals surface area contributed by atoms with Crippen molar-refractivity contribution in [3.63, 3.8) is 0 Å². The number of rotatable bonds is 3. The average molecular weight is 343 g/mol. The quantitative estimate of drug-likeness (QED) is 0.925. The molecule has 0 radical (unpaired) electrons. The predicted octanol–water partition coefficient (Wildman–Crippen LogP) is 3.62. The standard InChI is InChI=1S/C18H21N3O2S/c1-23-13-7-5-6-12(10-13)14-11-15(22)19-17-16(14)24-18(20-17)21-8-3-2-4-9-21/h5-7,10,14H,2-4,8-9,11H2,1H3,(H,19,22)/t14-/m0/s1. The number of thiazole rings is 1. The zero-order chi connectivity index (χ0) is 16.5. The Morgan fingerprint density at radius 3 is 2.92 bits per heavy atom. The molecule has 2 aliphatic rings. The molecule has 2 aromatic rings. The number of hydrogen-bond donors (Lipinski definition) is 1. The second-order valence-corrected chi connectivity index (χ2v) is 7.35. The molecular weight excluding hydrogens is 322 g/mol. The minimum Gasteiger partial charge on any atom is -0.497 e. The first-order valence-corrected chi connectivity index (χ1v) is 9.26. The van der Waals surface area contributed by atoms with Crippen molar-refractivity contribution in [2.24, 2.45) is 0 Å². The number of carbonyl (C=O) groups is 1. The molecule has 1 atom stereocenters. The summed E-state index contributed by atoms with van der Waals surface area (Å²) in [7, 11) is 1.67. The second kappa shape index (κ2) is 6.43. The van der Waals surface area contributed by atoms with Gasteiger partial charge in [-0.2, -0.15) is 0 Å². The van der Waals surface area contributed by atoms with E-state index in [9.17, 15) is 4.79 Å². The Kier molecular flexibility index (Phi) is 4.14. The van der Waals surface area contributed by atoms with E-state index in [2.05, 4.69) is 16.3 Å². The van der Waals surface area contributed by atoms with Crippen molar-refractivity contribution >= 4 is 28.2 Å². The molecule has 1 amide bonds. The third-order valence-corrected chi connectivity index (χ3v) is 5.96. The lowest BCUT2D eigenvalue weighted by molar-refractivity contribution is -0.116. The van der Waals surface area contributed by atoms with E-state index >= 15 is 0 Å². The van der Waals surface area contributed by atoms with E-state index in [1.165, 1.54) is 19.3 Å². The molecule has 1 fully saturated rings. The van der Waals surface area contributed by atoms with E-state index in [0.29, 0.717) is 6.42 Å². The van der Waals surface area contributed by atoms with Crippen LogP contribution in [0.25, 0.3) is 0 Å². The van der Waals surface area contributed by atoms with Gasteiger partial charge in [0.1, 0.15) is 11.6 Å². The summed E-state index contributed by atoms with van der Waals surface area (Å²) in [5.74, 6) is 1.65. The molecule has 0 bridgehead atoms. The number of carbonyl (C=O) groups excluding carboxylic acids is 1. The molecule has 0 unspecified atom stereocenters. The fourth-order valence-corrected chi connectivity index (χ4v) is 4.66. The highest BCUT2D eigenvalue weighted by atomic mass is 32.1. The number of piperidine rings is 1. The van der Waals surface area contributed by atoms with Crippen LogP contribution in [0.15, 0.2) is 24.3 Å². The van der Waals surface area contributed by atoms with Crippen LogP contribution >= 0.6 is 11.3 Å². The summed E-state index contributed by atoms with van der Waals surface area (Å²) in [6.45, 7) is 2.12. The summed E-state index contributed by atoms with van der Waals surface area (Å²) >= 11 is 1.72. The third kappa shape index (κ3) is 2.86. The fraction of sp³-hybridized carbons (Fsp3) is 0.444. The van der Waals surface area contributed by atoms with Gasteiger partial charge in [-0.15, -0.1) is 0 Å². The molecule has 1 N–H and O–H groups in total.